The van der Waals surface area contributed by atoms with Crippen LogP contribution in [0, 0.1) is 12.8 Å². The Bertz CT molecular complexity index is 1960. The maximum absolute atomic E-state index is 13.4. The lowest BCUT2D eigenvalue weighted by atomic mass is 9.96. The minimum atomic E-state index is -4.15. The Kier molecular flexibility index (Phi) is 14.5. The summed E-state index contributed by atoms with van der Waals surface area (Å²) in [5, 5.41) is 20.7. The van der Waals surface area contributed by atoms with E-state index >= 15 is 0 Å². The number of aryl methyl sites for hydroxylation is 1. The van der Waals surface area contributed by atoms with Gasteiger partial charge in [0.25, 0.3) is 0 Å². The Morgan fingerprint density at radius 2 is 1.63 bits per heavy atom. The number of nitrogens with zero attached hydrogens (tertiary/aromatic N) is 2. The zero-order valence-corrected chi connectivity index (χ0v) is 32.6. The lowest BCUT2D eigenvalue weighted by molar-refractivity contribution is -0.143. The maximum Gasteiger partial charge on any atom is 0.326 e. The molecule has 1 unspecified atom stereocenters. The number of rotatable bonds is 16. The van der Waals surface area contributed by atoms with Crippen molar-refractivity contribution < 1.29 is 37.5 Å². The second-order valence-electron chi connectivity index (χ2n) is 13.1. The molecule has 0 spiro atoms. The first-order valence-electron chi connectivity index (χ1n) is 17.3. The van der Waals surface area contributed by atoms with Gasteiger partial charge in [-0.3, -0.25) is 14.4 Å². The molecule has 0 bridgehead atoms. The van der Waals surface area contributed by atoms with E-state index in [0.29, 0.717) is 23.4 Å². The highest BCUT2D eigenvalue weighted by Crippen LogP contribution is 2.30. The van der Waals surface area contributed by atoms with Crippen molar-refractivity contribution in [2.45, 2.75) is 69.5 Å². The number of benzene rings is 3. The Morgan fingerprint density at radius 1 is 0.981 bits per heavy atom. The van der Waals surface area contributed by atoms with Crippen molar-refractivity contribution in [3.8, 4) is 0 Å². The van der Waals surface area contributed by atoms with Gasteiger partial charge in [-0.25, -0.2) is 18.0 Å². The molecule has 3 aromatic rings. The third kappa shape index (κ3) is 10.7. The van der Waals surface area contributed by atoms with Crippen LogP contribution in [0.4, 0.5) is 16.2 Å². The number of sulfonamides is 1. The Labute approximate surface area is 324 Å². The lowest BCUT2D eigenvalue weighted by Crippen LogP contribution is -2.60. The highest BCUT2D eigenvalue weighted by molar-refractivity contribution is 7.89. The highest BCUT2D eigenvalue weighted by Gasteiger charge is 2.44. The predicted octanol–water partition coefficient (Wildman–Crippen LogP) is 4.90. The van der Waals surface area contributed by atoms with Crippen LogP contribution in [-0.4, -0.2) is 90.7 Å². The van der Waals surface area contributed by atoms with Gasteiger partial charge < -0.3 is 31.3 Å². The Balaban J connectivity index is 1.31. The molecule has 290 valence electrons. The number of carbonyl (C=O) groups excluding carboxylic acids is 4. The van der Waals surface area contributed by atoms with E-state index < -0.39 is 52.0 Å². The molecular weight excluding hydrogens is 759 g/mol. The molecule has 14 nitrogen and oxygen atoms in total. The summed E-state index contributed by atoms with van der Waals surface area (Å²) in [5.74, 6) is -3.25. The summed E-state index contributed by atoms with van der Waals surface area (Å²) in [6.45, 7) is 5.48. The summed E-state index contributed by atoms with van der Waals surface area (Å²) in [6, 6.07) is 14.1. The van der Waals surface area contributed by atoms with Gasteiger partial charge >= 0.3 is 12.0 Å². The molecule has 0 radical (unpaired) electrons. The number of aliphatic carboxylic acids is 1. The number of nitrogens with one attached hydrogen (secondary N) is 4. The van der Waals surface area contributed by atoms with E-state index in [1.807, 2.05) is 39.0 Å². The highest BCUT2D eigenvalue weighted by atomic mass is 35.5. The number of anilines is 2. The van der Waals surface area contributed by atoms with Crippen molar-refractivity contribution in [2.24, 2.45) is 5.92 Å². The fraction of sp³-hybridized carbons (Fsp3) is 0.378. The fourth-order valence-corrected chi connectivity index (χ4v) is 8.25. The number of carbonyl (C=O) groups is 5. The van der Waals surface area contributed by atoms with Gasteiger partial charge in [-0.1, -0.05) is 73.8 Å². The van der Waals surface area contributed by atoms with Gasteiger partial charge in [0.2, 0.25) is 27.7 Å². The fourth-order valence-electron chi connectivity index (χ4n) is 5.89. The molecule has 17 heteroatoms. The summed E-state index contributed by atoms with van der Waals surface area (Å²) in [5.41, 5.74) is 2.78. The van der Waals surface area contributed by atoms with Gasteiger partial charge in [-0.15, -0.1) is 0 Å². The van der Waals surface area contributed by atoms with Crippen LogP contribution in [-0.2, 0) is 35.6 Å². The summed E-state index contributed by atoms with van der Waals surface area (Å²) in [4.78, 5) is 65.6. The summed E-state index contributed by atoms with van der Waals surface area (Å²) in [6.07, 6.45) is 0.519. The van der Waals surface area contributed by atoms with Crippen LogP contribution in [0.2, 0.25) is 10.0 Å². The summed E-state index contributed by atoms with van der Waals surface area (Å²) < 4.78 is 27.3. The SMILES string of the molecule is CCC(C)[C@@H](C(=O)NCC[C@H](NC(=O)[C@@H]1CCN1S(=O)(=O)c1cc(Cl)cc(Cl)c1)C(=O)O)N(C)C(=O)Cc1ccc(NC(=O)Nc2ccccc2C)cc1. The van der Waals surface area contributed by atoms with Gasteiger partial charge in [0.15, 0.2) is 0 Å². The van der Waals surface area contributed by atoms with Crippen molar-refractivity contribution in [3.05, 3.63) is 87.9 Å². The smallest absolute Gasteiger partial charge is 0.326 e. The third-order valence-electron chi connectivity index (χ3n) is 9.29. The van der Waals surface area contributed by atoms with Gasteiger partial charge in [-0.2, -0.15) is 4.31 Å². The summed E-state index contributed by atoms with van der Waals surface area (Å²) >= 11 is 11.9. The zero-order chi connectivity index (χ0) is 39.7. The first kappa shape index (κ1) is 42.0. The van der Waals surface area contributed by atoms with E-state index in [4.69, 9.17) is 23.2 Å². The third-order valence-corrected chi connectivity index (χ3v) is 11.6. The maximum atomic E-state index is 13.4. The molecule has 54 heavy (non-hydrogen) atoms. The van der Waals surface area contributed by atoms with Gasteiger partial charge in [0, 0.05) is 41.6 Å². The van der Waals surface area contributed by atoms with Crippen LogP contribution in [0.25, 0.3) is 0 Å². The monoisotopic (exact) mass is 802 g/mol. The van der Waals surface area contributed by atoms with Crippen LogP contribution in [0.1, 0.15) is 44.2 Å². The minimum absolute atomic E-state index is 0.0161. The number of halogens is 2. The van der Waals surface area contributed by atoms with Crippen LogP contribution in [0.15, 0.2) is 71.6 Å². The van der Waals surface area contributed by atoms with Gasteiger partial charge in [0.1, 0.15) is 18.1 Å². The molecule has 4 atom stereocenters. The molecule has 4 rings (SSSR count). The van der Waals surface area contributed by atoms with Crippen LogP contribution in [0.5, 0.6) is 0 Å². The van der Waals surface area contributed by atoms with Gasteiger partial charge in [-0.05, 0) is 73.2 Å². The molecule has 1 heterocycles. The molecule has 1 aliphatic rings. The molecule has 3 aromatic carbocycles. The van der Waals surface area contributed by atoms with Crippen molar-refractivity contribution in [3.63, 3.8) is 0 Å². The largest absolute Gasteiger partial charge is 0.480 e. The second-order valence-corrected chi connectivity index (χ2v) is 15.9. The first-order chi connectivity index (χ1) is 25.5. The van der Waals surface area contributed by atoms with Crippen molar-refractivity contribution in [1.82, 2.24) is 19.8 Å². The van der Waals surface area contributed by atoms with Crippen molar-refractivity contribution in [1.29, 1.82) is 0 Å². The Hall–Kier alpha value is -4.70. The van der Waals surface area contributed by atoms with E-state index in [1.54, 1.807) is 30.3 Å². The molecule has 5 amide bonds. The number of hydrogen-bond donors (Lipinski definition) is 5. The van der Waals surface area contributed by atoms with Crippen LogP contribution < -0.4 is 21.3 Å². The number of carboxylic acids is 1. The number of para-hydroxylation sites is 1. The van der Waals surface area contributed by atoms with E-state index in [2.05, 4.69) is 21.3 Å². The number of hydrogen-bond acceptors (Lipinski definition) is 7. The number of likely N-dealkylation sites (N-methyl/N-ethyl adjacent to an activating group) is 1. The quantitative estimate of drug-likeness (QED) is 0.135. The van der Waals surface area contributed by atoms with E-state index in [-0.39, 0.29) is 59.1 Å². The zero-order valence-electron chi connectivity index (χ0n) is 30.3. The molecular formula is C37H44Cl2N6O8S. The van der Waals surface area contributed by atoms with E-state index in [1.165, 1.54) is 30.1 Å². The van der Waals surface area contributed by atoms with Gasteiger partial charge in [0.05, 0.1) is 11.3 Å². The first-order valence-corrected chi connectivity index (χ1v) is 19.5. The van der Waals surface area contributed by atoms with E-state index in [0.717, 1.165) is 9.87 Å². The summed E-state index contributed by atoms with van der Waals surface area (Å²) in [7, 11) is -2.62. The molecule has 0 aromatic heterocycles. The Morgan fingerprint density at radius 3 is 2.20 bits per heavy atom. The average molecular weight is 804 g/mol. The van der Waals surface area contributed by atoms with Crippen molar-refractivity contribution in [2.75, 3.05) is 30.8 Å². The molecule has 1 aliphatic heterocycles. The standard InChI is InChI=1S/C37H44Cl2N6O8S/c1-5-22(2)33(44(4)32(46)18-24-10-12-27(13-11-24)41-37(51)43-29-9-7-6-8-23(29)3)35(48)40-16-14-30(36(49)50)42-34(47)31-15-17-45(31)54(52,53)28-20-25(38)19-26(39)21-28/h6-13,19-22,30-31,33H,5,14-18H2,1-4H3,(H,40,48)(H,42,47)(H,49,50)(H2,41,43,51)/t22?,30-,31-,33-/m0/s1. The predicted molar refractivity (Wildman–Crippen MR) is 206 cm³/mol. The number of carboxylic acid groups (broad SMARTS) is 1. The molecule has 0 saturated carbocycles. The average Bonchev–Trinajstić information content (AvgIpc) is 3.08. The minimum Gasteiger partial charge on any atom is -0.480 e. The molecule has 0 aliphatic carbocycles. The van der Waals surface area contributed by atoms with E-state index in [9.17, 15) is 37.5 Å². The second kappa shape index (κ2) is 18.6. The van der Waals surface area contributed by atoms with Crippen LogP contribution in [0.3, 0.4) is 0 Å². The molecule has 1 fully saturated rings. The number of urea groups is 1. The van der Waals surface area contributed by atoms with Crippen LogP contribution >= 0.6 is 23.2 Å². The molecule has 5 N–H and O–H groups in total. The molecule has 1 saturated heterocycles. The number of amides is 5. The topological polar surface area (TPSA) is 194 Å². The van der Waals surface area contributed by atoms with Crippen molar-refractivity contribution >= 4 is 74.3 Å². The lowest BCUT2D eigenvalue weighted by Gasteiger charge is -2.38. The normalized spacial score (nSPS) is 15.9.